The number of aliphatic hydroxyl groups excluding tert-OH is 2. The van der Waals surface area contributed by atoms with Crippen molar-refractivity contribution in [3.05, 3.63) is 0 Å². The van der Waals surface area contributed by atoms with E-state index in [-0.39, 0.29) is 59.5 Å². The Labute approximate surface area is 491 Å². The lowest BCUT2D eigenvalue weighted by molar-refractivity contribution is -0.891. The number of quaternary nitrogens is 1. The van der Waals surface area contributed by atoms with E-state index in [0.717, 1.165) is 19.4 Å². The van der Waals surface area contributed by atoms with Gasteiger partial charge >= 0.3 is 11.9 Å². The van der Waals surface area contributed by atoms with Crippen molar-refractivity contribution < 1.29 is 119 Å². The minimum absolute atomic E-state index is 0.00232. The molecule has 0 aliphatic heterocycles. The summed E-state index contributed by atoms with van der Waals surface area (Å²) >= 11 is 0. The van der Waals surface area contributed by atoms with Gasteiger partial charge in [0, 0.05) is 0 Å². The van der Waals surface area contributed by atoms with Gasteiger partial charge in [0.2, 0.25) is 0 Å². The molecule has 0 aromatic carbocycles. The number of rotatable bonds is 71. The highest BCUT2D eigenvalue weighted by atomic mass is 16.6. The predicted molar refractivity (Wildman–Crippen MR) is 303 cm³/mol. The first kappa shape index (κ1) is 80.1. The Morgan fingerprint density at radius 3 is 0.768 bits per heavy atom. The second-order valence-electron chi connectivity index (χ2n) is 19.4. The van der Waals surface area contributed by atoms with Gasteiger partial charge in [-0.2, -0.15) is 0 Å². The Morgan fingerprint density at radius 2 is 0.524 bits per heavy atom. The number of unbranched alkanes of at least 4 members (excludes halogenated alkanes) is 9. The van der Waals surface area contributed by atoms with Crippen LogP contribution in [-0.2, 0) is 99.6 Å². The maximum absolute atomic E-state index is 12.9. The van der Waals surface area contributed by atoms with Gasteiger partial charge < -0.3 is 110 Å². The van der Waals surface area contributed by atoms with Gasteiger partial charge in [-0.15, -0.1) is 0 Å². The van der Waals surface area contributed by atoms with Crippen molar-refractivity contribution in [2.24, 2.45) is 0 Å². The van der Waals surface area contributed by atoms with Gasteiger partial charge in [-0.3, -0.25) is 9.59 Å². The summed E-state index contributed by atoms with van der Waals surface area (Å²) < 4.78 is 104. The van der Waals surface area contributed by atoms with Crippen LogP contribution in [0.15, 0.2) is 0 Å². The molecule has 0 fully saturated rings. The van der Waals surface area contributed by atoms with Crippen molar-refractivity contribution in [3.63, 3.8) is 0 Å². The standard InChI is InChI=1S/C57H114NO24/c1-4-5-6-7-8-9-10-11-12-13-14-58(2,3)15-18-82-57(63,53-55(61)80-51-49-78-47-45-76-43-41-74-39-37-72-35-33-70-31-29-68-27-25-66-23-21-64-19-16-59)54-56(62)81-52-50-79-48-46-77-44-42-75-40-38-73-36-34-71-32-30-69-28-26-67-24-22-65-20-17-60/h59-60,63H,4-54H2,1-3H3/q+1. The molecule has 0 amide bonds. The van der Waals surface area contributed by atoms with Gasteiger partial charge in [0.05, 0.1) is 265 Å². The Bertz CT molecular complexity index is 1230. The number of likely N-dealkylation sites (N-methyl/N-ethyl adjacent to an activating group) is 1. The summed E-state index contributed by atoms with van der Waals surface area (Å²) in [7, 11) is 4.21. The van der Waals surface area contributed by atoms with E-state index in [1.807, 2.05) is 0 Å². The van der Waals surface area contributed by atoms with E-state index in [0.29, 0.717) is 196 Å². The molecule has 82 heavy (non-hydrogen) atoms. The molecule has 0 saturated carbocycles. The predicted octanol–water partition coefficient (Wildman–Crippen LogP) is 2.81. The van der Waals surface area contributed by atoms with Crippen LogP contribution in [0.3, 0.4) is 0 Å². The lowest BCUT2D eigenvalue weighted by Crippen LogP contribution is -2.46. The highest BCUT2D eigenvalue weighted by Gasteiger charge is 2.36. The molecule has 0 spiro atoms. The first-order valence-corrected chi connectivity index (χ1v) is 30.1. The van der Waals surface area contributed by atoms with Crippen molar-refractivity contribution in [3.8, 4) is 0 Å². The highest BCUT2D eigenvalue weighted by molar-refractivity contribution is 5.74. The van der Waals surface area contributed by atoms with Crippen LogP contribution >= 0.6 is 0 Å². The van der Waals surface area contributed by atoms with Gasteiger partial charge in [0.1, 0.15) is 19.8 Å². The molecule has 0 aromatic heterocycles. The molecule has 25 heteroatoms. The van der Waals surface area contributed by atoms with Crippen molar-refractivity contribution in [1.29, 1.82) is 0 Å². The summed E-state index contributed by atoms with van der Waals surface area (Å²) in [4.78, 5) is 25.9. The topological polar surface area (TPSA) is 270 Å². The monoisotopic (exact) mass is 1200 g/mol. The van der Waals surface area contributed by atoms with Crippen molar-refractivity contribution in [2.75, 3.05) is 272 Å². The zero-order valence-corrected chi connectivity index (χ0v) is 50.9. The zero-order valence-electron chi connectivity index (χ0n) is 50.9. The van der Waals surface area contributed by atoms with Crippen LogP contribution < -0.4 is 0 Å². The van der Waals surface area contributed by atoms with Crippen LogP contribution in [-0.4, -0.2) is 309 Å². The van der Waals surface area contributed by atoms with E-state index in [9.17, 15) is 14.7 Å². The molecule has 0 heterocycles. The van der Waals surface area contributed by atoms with Crippen molar-refractivity contribution >= 4 is 11.9 Å². The molecule has 0 aromatic rings. The lowest BCUT2D eigenvalue weighted by Gasteiger charge is -2.32. The van der Waals surface area contributed by atoms with Crippen LogP contribution in [0.1, 0.15) is 84.0 Å². The Hall–Kier alpha value is -1.90. The van der Waals surface area contributed by atoms with Crippen LogP contribution in [0.25, 0.3) is 0 Å². The molecule has 490 valence electrons. The Balaban J connectivity index is 4.28. The van der Waals surface area contributed by atoms with E-state index in [1.165, 1.54) is 51.4 Å². The molecule has 0 unspecified atom stereocenters. The molecule has 0 radical (unpaired) electrons. The van der Waals surface area contributed by atoms with Crippen LogP contribution in [0.5, 0.6) is 0 Å². The second kappa shape index (κ2) is 65.1. The second-order valence-corrected chi connectivity index (χ2v) is 19.4. The molecule has 0 rings (SSSR count). The minimum Gasteiger partial charge on any atom is -0.463 e. The summed E-state index contributed by atoms with van der Waals surface area (Å²) in [6, 6.07) is 0. The van der Waals surface area contributed by atoms with Gasteiger partial charge in [-0.1, -0.05) is 58.3 Å². The van der Waals surface area contributed by atoms with Gasteiger partial charge in [-0.25, -0.2) is 0 Å². The van der Waals surface area contributed by atoms with Crippen molar-refractivity contribution in [1.82, 2.24) is 0 Å². The molecule has 0 atom stereocenters. The van der Waals surface area contributed by atoms with E-state index < -0.39 is 30.6 Å². The van der Waals surface area contributed by atoms with Gasteiger partial charge in [-0.05, 0) is 12.8 Å². The number of esters is 2. The first-order chi connectivity index (χ1) is 40.2. The summed E-state index contributed by atoms with van der Waals surface area (Å²) in [6.07, 6.45) is 11.4. The molecular weight excluding hydrogens is 1080 g/mol. The molecular formula is C57H114NO24+. The molecule has 0 bridgehead atoms. The third kappa shape index (κ3) is 64.1. The maximum Gasteiger partial charge on any atom is 0.311 e. The lowest BCUT2D eigenvalue weighted by atomic mass is 10.1. The molecule has 0 aliphatic carbocycles. The molecule has 25 nitrogen and oxygen atoms in total. The fourth-order valence-corrected chi connectivity index (χ4v) is 7.18. The number of ether oxygens (including phenoxy) is 19. The maximum atomic E-state index is 12.9. The summed E-state index contributed by atoms with van der Waals surface area (Å²) in [5.74, 6) is -3.63. The van der Waals surface area contributed by atoms with E-state index in [2.05, 4.69) is 21.0 Å². The summed E-state index contributed by atoms with van der Waals surface area (Å²) in [5.41, 5.74) is 0. The van der Waals surface area contributed by atoms with E-state index in [4.69, 9.17) is 100 Å². The Morgan fingerprint density at radius 1 is 0.305 bits per heavy atom. The smallest absolute Gasteiger partial charge is 0.311 e. The molecule has 3 N–H and O–H groups in total. The first-order valence-electron chi connectivity index (χ1n) is 30.1. The van der Waals surface area contributed by atoms with E-state index in [1.54, 1.807) is 0 Å². The average molecular weight is 1200 g/mol. The van der Waals surface area contributed by atoms with Gasteiger partial charge in [0.15, 0.2) is 5.79 Å². The third-order valence-electron chi connectivity index (χ3n) is 11.7. The highest BCUT2D eigenvalue weighted by Crippen LogP contribution is 2.20. The zero-order chi connectivity index (χ0) is 59.7. The number of hydrogen-bond donors (Lipinski definition) is 3. The quantitative estimate of drug-likeness (QED) is 0.0342. The largest absolute Gasteiger partial charge is 0.463 e. The molecule has 0 saturated heterocycles. The van der Waals surface area contributed by atoms with Crippen LogP contribution in [0, 0.1) is 0 Å². The van der Waals surface area contributed by atoms with Crippen LogP contribution in [0.2, 0.25) is 0 Å². The normalized spacial score (nSPS) is 12.0. The summed E-state index contributed by atoms with van der Waals surface area (Å²) in [6.45, 7) is 16.3. The minimum atomic E-state index is -2.14. The van der Waals surface area contributed by atoms with Crippen LogP contribution in [0.4, 0.5) is 0 Å². The van der Waals surface area contributed by atoms with Gasteiger partial charge in [0.25, 0.3) is 0 Å². The third-order valence-corrected chi connectivity index (χ3v) is 11.7. The number of hydrogen-bond acceptors (Lipinski definition) is 24. The number of carbonyl (C=O) groups excluding carboxylic acids is 2. The number of carbonyl (C=O) groups is 2. The fourth-order valence-electron chi connectivity index (χ4n) is 7.18. The number of nitrogens with zero attached hydrogens (tertiary/aromatic N) is 1. The SMILES string of the molecule is CCCCCCCCCCCC[N+](C)(C)CCOC(O)(CC(=O)OCCOCCOCCOCCOCCOCCOCCOCCOCCO)CC(=O)OCCOCCOCCOCCOCCOCCOCCOCCOCCO. The summed E-state index contributed by atoms with van der Waals surface area (Å²) in [5, 5.41) is 28.8. The van der Waals surface area contributed by atoms with Crippen molar-refractivity contribution in [2.45, 2.75) is 89.8 Å². The fraction of sp³-hybridized carbons (Fsp3) is 0.965. The average Bonchev–Trinajstić information content (AvgIpc) is 3.46. The number of aliphatic hydroxyl groups is 3. The van der Waals surface area contributed by atoms with E-state index >= 15 is 0 Å². The Kier molecular flexibility index (Phi) is 63.6. The molecule has 0 aliphatic rings.